The number of ether oxygens (including phenoxy) is 2. The molecule has 0 radical (unpaired) electrons. The van der Waals surface area contributed by atoms with Crippen LogP contribution in [0.2, 0.25) is 0 Å². The van der Waals surface area contributed by atoms with Crippen LogP contribution in [0.25, 0.3) is 0 Å². The average molecular weight is 284 g/mol. The Morgan fingerprint density at radius 3 is 2.62 bits per heavy atom. The molecule has 2 aromatic carbocycles. The Hall–Kier alpha value is -2.69. The number of hydrogen-bond acceptors (Lipinski definition) is 4. The summed E-state index contributed by atoms with van der Waals surface area (Å²) in [4.78, 5) is 12.2. The molecule has 0 aliphatic carbocycles. The highest BCUT2D eigenvalue weighted by Gasteiger charge is 2.15. The van der Waals surface area contributed by atoms with Gasteiger partial charge in [0.2, 0.25) is 0 Å². The smallest absolute Gasteiger partial charge is 0.255 e. The quantitative estimate of drug-likeness (QED) is 0.831. The van der Waals surface area contributed by atoms with Crippen LogP contribution in [0.4, 0.5) is 11.4 Å². The lowest BCUT2D eigenvalue weighted by molar-refractivity contribution is 0.102. The van der Waals surface area contributed by atoms with Gasteiger partial charge in [-0.3, -0.25) is 4.79 Å². The number of fused-ring (bicyclic) bond motifs is 1. The van der Waals surface area contributed by atoms with Gasteiger partial charge < -0.3 is 20.5 Å². The second-order valence-corrected chi connectivity index (χ2v) is 4.88. The van der Waals surface area contributed by atoms with Crippen LogP contribution < -0.4 is 20.5 Å². The number of anilines is 2. The molecule has 0 unspecified atom stereocenters. The summed E-state index contributed by atoms with van der Waals surface area (Å²) in [7, 11) is 0. The van der Waals surface area contributed by atoms with Gasteiger partial charge in [0.05, 0.1) is 0 Å². The molecule has 0 fully saturated rings. The summed E-state index contributed by atoms with van der Waals surface area (Å²) in [6.45, 7) is 2.94. The van der Waals surface area contributed by atoms with Gasteiger partial charge in [0.25, 0.3) is 5.91 Å². The van der Waals surface area contributed by atoms with Gasteiger partial charge in [-0.15, -0.1) is 0 Å². The molecule has 5 heteroatoms. The molecule has 1 amide bonds. The Labute approximate surface area is 122 Å². The number of amides is 1. The van der Waals surface area contributed by atoms with Gasteiger partial charge in [0, 0.05) is 16.9 Å². The van der Waals surface area contributed by atoms with E-state index in [1.54, 1.807) is 24.3 Å². The van der Waals surface area contributed by atoms with E-state index < -0.39 is 0 Å². The van der Waals surface area contributed by atoms with E-state index in [1.165, 1.54) is 0 Å². The first-order valence-corrected chi connectivity index (χ1v) is 6.70. The summed E-state index contributed by atoms with van der Waals surface area (Å²) in [6.07, 6.45) is 0. The summed E-state index contributed by atoms with van der Waals surface area (Å²) in [5.41, 5.74) is 8.64. The number of aryl methyl sites for hydroxylation is 1. The predicted molar refractivity (Wildman–Crippen MR) is 81.0 cm³/mol. The fourth-order valence-corrected chi connectivity index (χ4v) is 2.11. The molecule has 0 atom stereocenters. The Morgan fingerprint density at radius 2 is 1.86 bits per heavy atom. The molecule has 5 nitrogen and oxygen atoms in total. The van der Waals surface area contributed by atoms with Crippen molar-refractivity contribution in [2.24, 2.45) is 0 Å². The molecule has 0 aromatic heterocycles. The van der Waals surface area contributed by atoms with Crippen molar-refractivity contribution in [3.8, 4) is 11.5 Å². The maximum Gasteiger partial charge on any atom is 0.255 e. The summed E-state index contributed by atoms with van der Waals surface area (Å²) < 4.78 is 10.9. The highest BCUT2D eigenvalue weighted by Crippen LogP contribution is 2.31. The third kappa shape index (κ3) is 2.76. The summed E-state index contributed by atoms with van der Waals surface area (Å²) in [6, 6.07) is 10.6. The van der Waals surface area contributed by atoms with E-state index in [1.807, 2.05) is 19.1 Å². The molecule has 2 aromatic rings. The Balaban J connectivity index is 1.80. The topological polar surface area (TPSA) is 73.6 Å². The van der Waals surface area contributed by atoms with Crippen molar-refractivity contribution in [2.45, 2.75) is 6.92 Å². The van der Waals surface area contributed by atoms with E-state index in [2.05, 4.69) is 5.32 Å². The van der Waals surface area contributed by atoms with Crippen LogP contribution in [0.15, 0.2) is 36.4 Å². The van der Waals surface area contributed by atoms with E-state index in [0.717, 1.165) is 5.56 Å². The van der Waals surface area contributed by atoms with Crippen LogP contribution in [0, 0.1) is 6.92 Å². The largest absolute Gasteiger partial charge is 0.486 e. The molecule has 3 N–H and O–H groups in total. The number of benzene rings is 2. The third-order valence-corrected chi connectivity index (χ3v) is 3.34. The second kappa shape index (κ2) is 5.36. The van der Waals surface area contributed by atoms with E-state index >= 15 is 0 Å². The molecule has 0 saturated heterocycles. The van der Waals surface area contributed by atoms with E-state index in [0.29, 0.717) is 41.7 Å². The van der Waals surface area contributed by atoms with Gasteiger partial charge in [0.1, 0.15) is 13.2 Å². The van der Waals surface area contributed by atoms with Crippen molar-refractivity contribution in [2.75, 3.05) is 24.3 Å². The van der Waals surface area contributed by atoms with Crippen molar-refractivity contribution in [1.82, 2.24) is 0 Å². The molecule has 0 spiro atoms. The monoisotopic (exact) mass is 284 g/mol. The number of rotatable bonds is 2. The van der Waals surface area contributed by atoms with Gasteiger partial charge >= 0.3 is 0 Å². The summed E-state index contributed by atoms with van der Waals surface area (Å²) in [5.74, 6) is 1.05. The number of hydrogen-bond donors (Lipinski definition) is 2. The Kier molecular flexibility index (Phi) is 3.39. The fraction of sp³-hybridized carbons (Fsp3) is 0.188. The Bertz CT molecular complexity index is 698. The fourth-order valence-electron chi connectivity index (χ4n) is 2.11. The zero-order valence-corrected chi connectivity index (χ0v) is 11.7. The highest BCUT2D eigenvalue weighted by molar-refractivity contribution is 6.04. The first-order chi connectivity index (χ1) is 10.1. The van der Waals surface area contributed by atoms with E-state index in [9.17, 15) is 4.79 Å². The SMILES string of the molecule is Cc1ccc(NC(=O)c2ccc3c(c2)OCCO3)cc1N. The molecular weight excluding hydrogens is 268 g/mol. The Morgan fingerprint density at radius 1 is 1.10 bits per heavy atom. The number of nitrogens with one attached hydrogen (secondary N) is 1. The van der Waals surface area contributed by atoms with Gasteiger partial charge in [0.15, 0.2) is 11.5 Å². The standard InChI is InChI=1S/C16H16N2O3/c1-10-2-4-12(9-13(10)17)18-16(19)11-3-5-14-15(8-11)21-7-6-20-14/h2-5,8-9H,6-7,17H2,1H3,(H,18,19). The molecule has 0 saturated carbocycles. The van der Waals surface area contributed by atoms with Crippen molar-refractivity contribution >= 4 is 17.3 Å². The second-order valence-electron chi connectivity index (χ2n) is 4.88. The van der Waals surface area contributed by atoms with Crippen LogP contribution in [0.3, 0.4) is 0 Å². The van der Waals surface area contributed by atoms with Crippen LogP contribution in [0.1, 0.15) is 15.9 Å². The van der Waals surface area contributed by atoms with Crippen molar-refractivity contribution in [3.63, 3.8) is 0 Å². The summed E-state index contributed by atoms with van der Waals surface area (Å²) >= 11 is 0. The van der Waals surface area contributed by atoms with Crippen molar-refractivity contribution < 1.29 is 14.3 Å². The maximum absolute atomic E-state index is 12.2. The van der Waals surface area contributed by atoms with Gasteiger partial charge in [-0.05, 0) is 42.8 Å². The minimum absolute atomic E-state index is 0.213. The first kappa shape index (κ1) is 13.3. The molecule has 1 aliphatic rings. The molecular formula is C16H16N2O3. The lowest BCUT2D eigenvalue weighted by Crippen LogP contribution is -2.17. The van der Waals surface area contributed by atoms with Crippen LogP contribution in [-0.4, -0.2) is 19.1 Å². The average Bonchev–Trinajstić information content (AvgIpc) is 2.50. The zero-order chi connectivity index (χ0) is 14.8. The van der Waals surface area contributed by atoms with Gasteiger partial charge in [-0.1, -0.05) is 6.07 Å². The van der Waals surface area contributed by atoms with Gasteiger partial charge in [-0.2, -0.15) is 0 Å². The predicted octanol–water partition coefficient (Wildman–Crippen LogP) is 2.60. The molecule has 1 heterocycles. The van der Waals surface area contributed by atoms with E-state index in [4.69, 9.17) is 15.2 Å². The lowest BCUT2D eigenvalue weighted by Gasteiger charge is -2.18. The molecule has 108 valence electrons. The van der Waals surface area contributed by atoms with Crippen LogP contribution in [0.5, 0.6) is 11.5 Å². The highest BCUT2D eigenvalue weighted by atomic mass is 16.6. The molecule has 21 heavy (non-hydrogen) atoms. The number of nitrogen functional groups attached to an aromatic ring is 1. The van der Waals surface area contributed by atoms with Crippen LogP contribution in [-0.2, 0) is 0 Å². The molecule has 1 aliphatic heterocycles. The van der Waals surface area contributed by atoms with Crippen molar-refractivity contribution in [1.29, 1.82) is 0 Å². The van der Waals surface area contributed by atoms with Crippen LogP contribution >= 0.6 is 0 Å². The van der Waals surface area contributed by atoms with E-state index in [-0.39, 0.29) is 5.91 Å². The summed E-state index contributed by atoms with van der Waals surface area (Å²) in [5, 5.41) is 2.82. The number of nitrogens with two attached hydrogens (primary N) is 1. The minimum Gasteiger partial charge on any atom is -0.486 e. The zero-order valence-electron chi connectivity index (χ0n) is 11.7. The normalized spacial score (nSPS) is 12.8. The lowest BCUT2D eigenvalue weighted by atomic mass is 10.1. The minimum atomic E-state index is -0.213. The first-order valence-electron chi connectivity index (χ1n) is 6.70. The molecule has 0 bridgehead atoms. The third-order valence-electron chi connectivity index (χ3n) is 3.34. The molecule has 3 rings (SSSR count). The number of carbonyl (C=O) groups is 1. The number of carbonyl (C=O) groups excluding carboxylic acids is 1. The van der Waals surface area contributed by atoms with Crippen molar-refractivity contribution in [3.05, 3.63) is 47.5 Å². The van der Waals surface area contributed by atoms with Gasteiger partial charge in [-0.25, -0.2) is 0 Å². The maximum atomic E-state index is 12.2.